The number of hydrogen-bond acceptors (Lipinski definition) is 4. The second-order valence-corrected chi connectivity index (χ2v) is 4.32. The predicted octanol–water partition coefficient (Wildman–Crippen LogP) is 0.822. The van der Waals surface area contributed by atoms with E-state index in [1.165, 1.54) is 0 Å². The van der Waals surface area contributed by atoms with Gasteiger partial charge in [-0.15, -0.1) is 0 Å². The molecular weight excluding hydrogens is 230 g/mol. The van der Waals surface area contributed by atoms with E-state index in [9.17, 15) is 4.79 Å². The summed E-state index contributed by atoms with van der Waals surface area (Å²) in [4.78, 5) is 11.8. The first-order chi connectivity index (χ1) is 8.76. The SMILES string of the molecule is COc1ccccc1C1CC(=O)N(CCCN)N1. The predicted molar refractivity (Wildman–Crippen MR) is 68.9 cm³/mol. The van der Waals surface area contributed by atoms with Gasteiger partial charge in [0, 0.05) is 18.5 Å². The van der Waals surface area contributed by atoms with Gasteiger partial charge in [0.2, 0.25) is 5.91 Å². The van der Waals surface area contributed by atoms with Crippen LogP contribution in [0.15, 0.2) is 24.3 Å². The van der Waals surface area contributed by atoms with Crippen LogP contribution in [0.25, 0.3) is 0 Å². The number of carbonyl (C=O) groups is 1. The molecule has 0 spiro atoms. The van der Waals surface area contributed by atoms with Crippen molar-refractivity contribution in [2.75, 3.05) is 20.2 Å². The quantitative estimate of drug-likeness (QED) is 0.811. The topological polar surface area (TPSA) is 67.6 Å². The lowest BCUT2D eigenvalue weighted by atomic mass is 10.0. The van der Waals surface area contributed by atoms with Crippen molar-refractivity contribution in [1.29, 1.82) is 0 Å². The van der Waals surface area contributed by atoms with Crippen molar-refractivity contribution in [3.63, 3.8) is 0 Å². The first-order valence-corrected chi connectivity index (χ1v) is 6.15. The van der Waals surface area contributed by atoms with Crippen molar-refractivity contribution in [3.05, 3.63) is 29.8 Å². The maximum absolute atomic E-state index is 11.8. The molecule has 1 fully saturated rings. The second-order valence-electron chi connectivity index (χ2n) is 4.32. The van der Waals surface area contributed by atoms with Crippen molar-refractivity contribution in [1.82, 2.24) is 10.4 Å². The Morgan fingerprint density at radius 1 is 1.50 bits per heavy atom. The molecule has 5 nitrogen and oxygen atoms in total. The highest BCUT2D eigenvalue weighted by Gasteiger charge is 2.31. The molecule has 5 heteroatoms. The molecule has 0 bridgehead atoms. The summed E-state index contributed by atoms with van der Waals surface area (Å²) in [6.07, 6.45) is 1.27. The van der Waals surface area contributed by atoms with Crippen LogP contribution < -0.4 is 15.9 Å². The van der Waals surface area contributed by atoms with Gasteiger partial charge in [-0.1, -0.05) is 18.2 Å². The number of ether oxygens (including phenoxy) is 1. The highest BCUT2D eigenvalue weighted by molar-refractivity contribution is 5.78. The van der Waals surface area contributed by atoms with Crippen LogP contribution in [0.4, 0.5) is 0 Å². The van der Waals surface area contributed by atoms with Crippen LogP contribution in [-0.2, 0) is 4.79 Å². The number of hydrazine groups is 1. The number of amides is 1. The molecule has 0 saturated carbocycles. The number of carbonyl (C=O) groups excluding carboxylic acids is 1. The highest BCUT2D eigenvalue weighted by Crippen LogP contribution is 2.30. The molecule has 1 aliphatic rings. The van der Waals surface area contributed by atoms with Gasteiger partial charge in [0.1, 0.15) is 5.75 Å². The maximum Gasteiger partial charge on any atom is 0.238 e. The lowest BCUT2D eigenvalue weighted by Gasteiger charge is -2.19. The summed E-state index contributed by atoms with van der Waals surface area (Å²) in [5, 5.41) is 1.66. The Hall–Kier alpha value is -1.59. The number of nitrogens with two attached hydrogens (primary N) is 1. The first-order valence-electron chi connectivity index (χ1n) is 6.15. The van der Waals surface area contributed by atoms with E-state index < -0.39 is 0 Å². The first kappa shape index (κ1) is 12.9. The Bertz CT molecular complexity index is 422. The van der Waals surface area contributed by atoms with E-state index >= 15 is 0 Å². The minimum Gasteiger partial charge on any atom is -0.496 e. The number of para-hydroxylation sites is 1. The fourth-order valence-corrected chi connectivity index (χ4v) is 2.16. The number of nitrogens with zero attached hydrogens (tertiary/aromatic N) is 1. The molecule has 0 aliphatic carbocycles. The van der Waals surface area contributed by atoms with Gasteiger partial charge in [-0.2, -0.15) is 0 Å². The van der Waals surface area contributed by atoms with E-state index in [0.29, 0.717) is 19.5 Å². The van der Waals surface area contributed by atoms with Crippen LogP contribution in [0.5, 0.6) is 5.75 Å². The zero-order valence-electron chi connectivity index (χ0n) is 10.6. The molecule has 1 atom stereocenters. The standard InChI is InChI=1S/C13H19N3O2/c1-18-12-6-3-2-5-10(12)11-9-13(17)16(15-11)8-4-7-14/h2-3,5-6,11,15H,4,7-9,14H2,1H3. The third kappa shape index (κ3) is 2.63. The number of benzene rings is 1. The molecule has 1 heterocycles. The Balaban J connectivity index is 2.09. The van der Waals surface area contributed by atoms with E-state index in [-0.39, 0.29) is 11.9 Å². The Labute approximate surface area is 107 Å². The van der Waals surface area contributed by atoms with Crippen LogP contribution in [-0.4, -0.2) is 31.1 Å². The van der Waals surface area contributed by atoms with Crippen molar-refractivity contribution in [2.24, 2.45) is 5.73 Å². The number of rotatable bonds is 5. The summed E-state index contributed by atoms with van der Waals surface area (Å²) < 4.78 is 5.32. The summed E-state index contributed by atoms with van der Waals surface area (Å²) in [6, 6.07) is 7.75. The van der Waals surface area contributed by atoms with Gasteiger partial charge < -0.3 is 10.5 Å². The van der Waals surface area contributed by atoms with Crippen molar-refractivity contribution >= 4 is 5.91 Å². The smallest absolute Gasteiger partial charge is 0.238 e. The molecule has 1 aliphatic heterocycles. The van der Waals surface area contributed by atoms with Crippen molar-refractivity contribution in [3.8, 4) is 5.75 Å². The minimum atomic E-state index is -0.00794. The second kappa shape index (κ2) is 5.84. The van der Waals surface area contributed by atoms with Gasteiger partial charge in [0.05, 0.1) is 13.2 Å². The summed E-state index contributed by atoms with van der Waals surface area (Å²) >= 11 is 0. The van der Waals surface area contributed by atoms with Crippen LogP contribution >= 0.6 is 0 Å². The molecule has 1 unspecified atom stereocenters. The van der Waals surface area contributed by atoms with Gasteiger partial charge >= 0.3 is 0 Å². The third-order valence-electron chi connectivity index (χ3n) is 3.09. The summed E-state index contributed by atoms with van der Waals surface area (Å²) in [5.41, 5.74) is 9.69. The van der Waals surface area contributed by atoms with Gasteiger partial charge in [-0.3, -0.25) is 9.80 Å². The van der Waals surface area contributed by atoms with Gasteiger partial charge in [0.15, 0.2) is 0 Å². The Kier molecular flexibility index (Phi) is 4.17. The lowest BCUT2D eigenvalue weighted by Crippen LogP contribution is -2.36. The molecule has 0 radical (unpaired) electrons. The largest absolute Gasteiger partial charge is 0.496 e. The Morgan fingerprint density at radius 2 is 2.28 bits per heavy atom. The highest BCUT2D eigenvalue weighted by atomic mass is 16.5. The summed E-state index contributed by atoms with van der Waals surface area (Å²) in [6.45, 7) is 1.24. The van der Waals surface area contributed by atoms with Crippen molar-refractivity contribution in [2.45, 2.75) is 18.9 Å². The van der Waals surface area contributed by atoms with E-state index in [2.05, 4.69) is 5.43 Å². The number of nitrogens with one attached hydrogen (secondary N) is 1. The van der Waals surface area contributed by atoms with Crippen LogP contribution in [0.3, 0.4) is 0 Å². The minimum absolute atomic E-state index is 0.00794. The molecule has 2 rings (SSSR count). The van der Waals surface area contributed by atoms with Crippen LogP contribution in [0, 0.1) is 0 Å². The van der Waals surface area contributed by atoms with Gasteiger partial charge in [-0.25, -0.2) is 5.43 Å². The molecule has 1 saturated heterocycles. The molecule has 1 aromatic rings. The van der Waals surface area contributed by atoms with E-state index in [0.717, 1.165) is 17.7 Å². The zero-order chi connectivity index (χ0) is 13.0. The fourth-order valence-electron chi connectivity index (χ4n) is 2.16. The normalized spacial score (nSPS) is 19.3. The number of methoxy groups -OCH3 is 1. The maximum atomic E-state index is 11.8. The monoisotopic (exact) mass is 249 g/mol. The van der Waals surface area contributed by atoms with Gasteiger partial charge in [0.25, 0.3) is 0 Å². The summed E-state index contributed by atoms with van der Waals surface area (Å²) in [5.74, 6) is 0.919. The van der Waals surface area contributed by atoms with Gasteiger partial charge in [-0.05, 0) is 19.0 Å². The molecular formula is C13H19N3O2. The fraction of sp³-hybridized carbons (Fsp3) is 0.462. The number of hydrogen-bond donors (Lipinski definition) is 2. The van der Waals surface area contributed by atoms with E-state index in [1.54, 1.807) is 12.1 Å². The average Bonchev–Trinajstić information content (AvgIpc) is 2.77. The molecule has 3 N–H and O–H groups in total. The lowest BCUT2D eigenvalue weighted by molar-refractivity contribution is -0.129. The van der Waals surface area contributed by atoms with E-state index in [4.69, 9.17) is 10.5 Å². The third-order valence-corrected chi connectivity index (χ3v) is 3.09. The van der Waals surface area contributed by atoms with Crippen LogP contribution in [0.1, 0.15) is 24.4 Å². The average molecular weight is 249 g/mol. The molecule has 18 heavy (non-hydrogen) atoms. The molecule has 1 amide bonds. The molecule has 0 aromatic heterocycles. The van der Waals surface area contributed by atoms with E-state index in [1.807, 2.05) is 24.3 Å². The molecule has 98 valence electrons. The Morgan fingerprint density at radius 3 is 3.00 bits per heavy atom. The van der Waals surface area contributed by atoms with Crippen molar-refractivity contribution < 1.29 is 9.53 Å². The zero-order valence-corrected chi connectivity index (χ0v) is 10.6. The summed E-state index contributed by atoms with van der Waals surface area (Å²) in [7, 11) is 1.64. The van der Waals surface area contributed by atoms with Crippen LogP contribution in [0.2, 0.25) is 0 Å². The molecule has 1 aromatic carbocycles.